The van der Waals surface area contributed by atoms with E-state index in [-0.39, 0.29) is 21.3 Å². The second kappa shape index (κ2) is 9.59. The standard InChI is InChI=1S/C20H26N2O6S2/c1-21(2)30(26,27)19-11-5-8-16(14-19)20(23)22(3)12-7-13-28-17-9-6-10-18(15-17)29(4,24)25/h5-6,8-11,14-15H,7,12-13H2,1-4H3. The molecular weight excluding hydrogens is 428 g/mol. The lowest BCUT2D eigenvalue weighted by Gasteiger charge is -2.18. The first-order valence-corrected chi connectivity index (χ1v) is 12.5. The predicted molar refractivity (Wildman–Crippen MR) is 114 cm³/mol. The fraction of sp³-hybridized carbons (Fsp3) is 0.350. The quantitative estimate of drug-likeness (QED) is 0.536. The number of nitrogens with zero attached hydrogens (tertiary/aromatic N) is 2. The van der Waals surface area contributed by atoms with Crippen LogP contribution in [-0.4, -0.2) is 72.5 Å². The van der Waals surface area contributed by atoms with Crippen LogP contribution in [0.15, 0.2) is 58.3 Å². The van der Waals surface area contributed by atoms with E-state index in [0.29, 0.717) is 25.3 Å². The highest BCUT2D eigenvalue weighted by Crippen LogP contribution is 2.18. The maximum atomic E-state index is 12.6. The number of hydrogen-bond donors (Lipinski definition) is 0. The van der Waals surface area contributed by atoms with Crippen molar-refractivity contribution in [2.45, 2.75) is 16.2 Å². The summed E-state index contributed by atoms with van der Waals surface area (Å²) in [5.41, 5.74) is 0.280. The first-order chi connectivity index (χ1) is 13.9. The molecule has 2 aromatic carbocycles. The highest BCUT2D eigenvalue weighted by Gasteiger charge is 2.20. The van der Waals surface area contributed by atoms with Gasteiger partial charge < -0.3 is 9.64 Å². The molecule has 0 saturated heterocycles. The molecule has 0 spiro atoms. The van der Waals surface area contributed by atoms with Crippen LogP contribution in [0.4, 0.5) is 0 Å². The molecule has 10 heteroatoms. The van der Waals surface area contributed by atoms with Crippen molar-refractivity contribution in [1.82, 2.24) is 9.21 Å². The molecule has 0 fully saturated rings. The van der Waals surface area contributed by atoms with Gasteiger partial charge in [0.2, 0.25) is 10.0 Å². The summed E-state index contributed by atoms with van der Waals surface area (Å²) in [5.74, 6) is 0.137. The van der Waals surface area contributed by atoms with Crippen LogP contribution in [0, 0.1) is 0 Å². The molecule has 8 nitrogen and oxygen atoms in total. The molecule has 0 saturated carbocycles. The number of hydrogen-bond acceptors (Lipinski definition) is 6. The zero-order valence-electron chi connectivity index (χ0n) is 17.4. The van der Waals surface area contributed by atoms with E-state index in [1.165, 1.54) is 49.3 Å². The minimum absolute atomic E-state index is 0.0563. The summed E-state index contributed by atoms with van der Waals surface area (Å²) in [6.07, 6.45) is 1.65. The van der Waals surface area contributed by atoms with Gasteiger partial charge in [0.05, 0.1) is 16.4 Å². The monoisotopic (exact) mass is 454 g/mol. The zero-order chi connectivity index (χ0) is 22.5. The number of sulfone groups is 1. The van der Waals surface area contributed by atoms with Gasteiger partial charge in [0, 0.05) is 39.5 Å². The molecule has 0 heterocycles. The van der Waals surface area contributed by atoms with Crippen molar-refractivity contribution in [1.29, 1.82) is 0 Å². The third-order valence-corrected chi connectivity index (χ3v) is 7.27. The molecule has 0 N–H and O–H groups in total. The minimum Gasteiger partial charge on any atom is -0.493 e. The van der Waals surface area contributed by atoms with E-state index >= 15 is 0 Å². The lowest BCUT2D eigenvalue weighted by Crippen LogP contribution is -2.29. The van der Waals surface area contributed by atoms with Gasteiger partial charge in [-0.2, -0.15) is 0 Å². The number of carbonyl (C=O) groups excluding carboxylic acids is 1. The van der Waals surface area contributed by atoms with Gasteiger partial charge in [0.25, 0.3) is 5.91 Å². The molecule has 164 valence electrons. The maximum absolute atomic E-state index is 12.6. The molecule has 2 aromatic rings. The minimum atomic E-state index is -3.62. The van der Waals surface area contributed by atoms with Gasteiger partial charge in [-0.15, -0.1) is 0 Å². The Hall–Kier alpha value is -2.43. The first kappa shape index (κ1) is 23.8. The van der Waals surface area contributed by atoms with Crippen molar-refractivity contribution < 1.29 is 26.4 Å². The lowest BCUT2D eigenvalue weighted by molar-refractivity contribution is 0.0787. The Balaban J connectivity index is 1.95. The molecule has 0 radical (unpaired) electrons. The Bertz CT molecular complexity index is 1110. The molecule has 0 bridgehead atoms. The second-order valence-corrected chi connectivity index (χ2v) is 11.2. The van der Waals surface area contributed by atoms with Crippen LogP contribution < -0.4 is 4.74 Å². The van der Waals surface area contributed by atoms with Gasteiger partial charge in [-0.3, -0.25) is 4.79 Å². The van der Waals surface area contributed by atoms with Crippen molar-refractivity contribution in [2.24, 2.45) is 0 Å². The lowest BCUT2D eigenvalue weighted by atomic mass is 10.2. The summed E-state index contributed by atoms with van der Waals surface area (Å²) < 4.78 is 54.4. The van der Waals surface area contributed by atoms with Crippen LogP contribution in [0.1, 0.15) is 16.8 Å². The van der Waals surface area contributed by atoms with Crippen LogP contribution in [0.5, 0.6) is 5.75 Å². The van der Waals surface area contributed by atoms with Gasteiger partial charge in [-0.1, -0.05) is 12.1 Å². The molecule has 0 aromatic heterocycles. The van der Waals surface area contributed by atoms with E-state index in [1.807, 2.05) is 0 Å². The normalized spacial score (nSPS) is 12.0. The van der Waals surface area contributed by atoms with E-state index in [4.69, 9.17) is 4.74 Å². The van der Waals surface area contributed by atoms with E-state index in [0.717, 1.165) is 10.6 Å². The average Bonchev–Trinajstić information content (AvgIpc) is 2.70. The number of sulfonamides is 1. The van der Waals surface area contributed by atoms with Crippen LogP contribution in [-0.2, 0) is 19.9 Å². The Morgan fingerprint density at radius 1 is 0.933 bits per heavy atom. The number of benzene rings is 2. The van der Waals surface area contributed by atoms with E-state index in [9.17, 15) is 21.6 Å². The highest BCUT2D eigenvalue weighted by molar-refractivity contribution is 7.90. The fourth-order valence-electron chi connectivity index (χ4n) is 2.61. The molecule has 30 heavy (non-hydrogen) atoms. The summed E-state index contributed by atoms with van der Waals surface area (Å²) >= 11 is 0. The molecule has 0 atom stereocenters. The first-order valence-electron chi connectivity index (χ1n) is 9.14. The summed E-state index contributed by atoms with van der Waals surface area (Å²) in [6.45, 7) is 0.676. The van der Waals surface area contributed by atoms with Crippen LogP contribution in [0.2, 0.25) is 0 Å². The van der Waals surface area contributed by atoms with Gasteiger partial charge in [0.15, 0.2) is 9.84 Å². The highest BCUT2D eigenvalue weighted by atomic mass is 32.2. The van der Waals surface area contributed by atoms with Crippen molar-refractivity contribution in [3.63, 3.8) is 0 Å². The average molecular weight is 455 g/mol. The van der Waals surface area contributed by atoms with Crippen LogP contribution >= 0.6 is 0 Å². The van der Waals surface area contributed by atoms with Gasteiger partial charge >= 0.3 is 0 Å². The zero-order valence-corrected chi connectivity index (χ0v) is 19.0. The van der Waals surface area contributed by atoms with Crippen molar-refractivity contribution in [3.8, 4) is 5.75 Å². The molecule has 0 aliphatic carbocycles. The van der Waals surface area contributed by atoms with Gasteiger partial charge in [-0.05, 0) is 42.8 Å². The summed E-state index contributed by atoms with van der Waals surface area (Å²) in [7, 11) is -2.45. The second-order valence-electron chi connectivity index (χ2n) is 6.99. The number of rotatable bonds is 9. The molecule has 0 unspecified atom stereocenters. The number of carbonyl (C=O) groups is 1. The molecule has 0 aliphatic rings. The summed E-state index contributed by atoms with van der Waals surface area (Å²) in [4.78, 5) is 14.3. The van der Waals surface area contributed by atoms with Gasteiger partial charge in [0.1, 0.15) is 5.75 Å². The van der Waals surface area contributed by atoms with Crippen LogP contribution in [0.3, 0.4) is 0 Å². The fourth-order valence-corrected chi connectivity index (χ4v) is 4.21. The smallest absolute Gasteiger partial charge is 0.253 e. The summed E-state index contributed by atoms with van der Waals surface area (Å²) in [6, 6.07) is 12.2. The maximum Gasteiger partial charge on any atom is 0.253 e. The Morgan fingerprint density at radius 3 is 2.20 bits per heavy atom. The third-order valence-electron chi connectivity index (χ3n) is 4.35. The van der Waals surface area contributed by atoms with Gasteiger partial charge in [-0.25, -0.2) is 21.1 Å². The van der Waals surface area contributed by atoms with Crippen molar-refractivity contribution in [2.75, 3.05) is 40.6 Å². The van der Waals surface area contributed by atoms with Crippen molar-refractivity contribution >= 4 is 25.8 Å². The van der Waals surface area contributed by atoms with Crippen LogP contribution in [0.25, 0.3) is 0 Å². The SMILES string of the molecule is CN(CCCOc1cccc(S(C)(=O)=O)c1)C(=O)c1cccc(S(=O)(=O)N(C)C)c1. The van der Waals surface area contributed by atoms with E-state index in [2.05, 4.69) is 0 Å². The topological polar surface area (TPSA) is 101 Å². The molecule has 0 aliphatic heterocycles. The predicted octanol–water partition coefficient (Wildman–Crippen LogP) is 1.88. The number of amides is 1. The summed E-state index contributed by atoms with van der Waals surface area (Å²) in [5, 5.41) is 0. The molecule has 2 rings (SSSR count). The Kier molecular flexibility index (Phi) is 7.62. The largest absolute Gasteiger partial charge is 0.493 e. The van der Waals surface area contributed by atoms with E-state index in [1.54, 1.807) is 25.2 Å². The molecule has 1 amide bonds. The molecular formula is C20H26N2O6S2. The Labute approximate surface area is 178 Å². The number of ether oxygens (including phenoxy) is 1. The third kappa shape index (κ3) is 6.04. The Morgan fingerprint density at radius 2 is 1.57 bits per heavy atom. The van der Waals surface area contributed by atoms with E-state index < -0.39 is 19.9 Å². The van der Waals surface area contributed by atoms with Crippen molar-refractivity contribution in [3.05, 3.63) is 54.1 Å².